The van der Waals surface area contributed by atoms with Gasteiger partial charge in [-0.25, -0.2) is 8.83 Å². The molecule has 0 spiro atoms. The fraction of sp³-hybridized carbons (Fsp3) is 0. The van der Waals surface area contributed by atoms with E-state index in [1.54, 1.807) is 0 Å². The van der Waals surface area contributed by atoms with Crippen LogP contribution >= 0.6 is 0 Å². The van der Waals surface area contributed by atoms with E-state index >= 15 is 0 Å². The maximum Gasteiger partial charge on any atom is 0.353 e. The van der Waals surface area contributed by atoms with Crippen LogP contribution in [-0.2, 0) is 0 Å². The highest BCUT2D eigenvalue weighted by Crippen LogP contribution is 2.15. The van der Waals surface area contributed by atoms with E-state index in [9.17, 15) is 0 Å². The van der Waals surface area contributed by atoms with Crippen LogP contribution in [0.1, 0.15) is 23.0 Å². The van der Waals surface area contributed by atoms with E-state index in [0.29, 0.717) is 0 Å². The summed E-state index contributed by atoms with van der Waals surface area (Å²) in [6, 6.07) is 46.1. The average molecular weight is 525 g/mol. The summed E-state index contributed by atoms with van der Waals surface area (Å²) >= 11 is 0. The lowest BCUT2D eigenvalue weighted by Gasteiger charge is -1.76. The zero-order valence-electron chi connectivity index (χ0n) is 21.8. The second-order valence-electron chi connectivity index (χ2n) is 8.60. The molecule has 2 aliphatic heterocycles. The molecule has 0 saturated carbocycles. The molecule has 8 bridgehead atoms. The summed E-state index contributed by atoms with van der Waals surface area (Å²) in [5.74, 6) is 3.10. The lowest BCUT2D eigenvalue weighted by molar-refractivity contribution is 0.543. The van der Waals surface area contributed by atoms with Gasteiger partial charge in [0.05, 0.1) is 24.3 Å². The smallest absolute Gasteiger partial charge is 0.353 e. The molecular weight excluding hydrogens is 496 g/mol. The van der Waals surface area contributed by atoms with E-state index in [1.165, 1.54) is 0 Å². The third kappa shape index (κ3) is 8.27. The SMILES string of the molecule is C1=Cc2ccccc3ccc(ccccccc4ccc(ccccc5[o+]c(ccccccc1[o+]2)C=C5)o4)o3. The molecule has 0 aliphatic carbocycles. The molecule has 0 N–H and O–H groups in total. The Kier molecular flexibility index (Phi) is 9.08. The fourth-order valence-corrected chi connectivity index (χ4v) is 3.65. The lowest BCUT2D eigenvalue weighted by Crippen LogP contribution is -1.60. The van der Waals surface area contributed by atoms with E-state index in [-0.39, 0.29) is 0 Å². The van der Waals surface area contributed by atoms with Crippen molar-refractivity contribution in [2.45, 2.75) is 0 Å². The molecular formula is C36H28O4+2. The van der Waals surface area contributed by atoms with Crippen molar-refractivity contribution < 1.29 is 17.7 Å². The third-order valence-electron chi connectivity index (χ3n) is 5.56. The second kappa shape index (κ2) is 13.9. The van der Waals surface area contributed by atoms with Crippen molar-refractivity contribution >= 4 is 46.6 Å². The summed E-state index contributed by atoms with van der Waals surface area (Å²) in [7, 11) is 0. The first-order valence-electron chi connectivity index (χ1n) is 12.9. The Bertz CT molecular complexity index is 1690. The first kappa shape index (κ1) is 26.1. The van der Waals surface area contributed by atoms with E-state index in [4.69, 9.17) is 17.7 Å². The van der Waals surface area contributed by atoms with E-state index in [1.807, 2.05) is 170 Å². The topological polar surface area (TPSA) is 48.9 Å². The van der Waals surface area contributed by atoms with Crippen LogP contribution in [0.3, 0.4) is 0 Å². The molecule has 40 heavy (non-hydrogen) atoms. The largest absolute Gasteiger partial charge is 0.457 e. The summed E-state index contributed by atoms with van der Waals surface area (Å²) < 4.78 is 23.3. The molecule has 3 aromatic rings. The Balaban J connectivity index is 1.47. The molecule has 0 aromatic carbocycles. The zero-order chi connectivity index (χ0) is 27.2. The van der Waals surface area contributed by atoms with Gasteiger partial charge < -0.3 is 8.83 Å². The van der Waals surface area contributed by atoms with Gasteiger partial charge in [-0.05, 0) is 48.5 Å². The number of furan rings is 2. The maximum atomic E-state index is 5.81. The van der Waals surface area contributed by atoms with Gasteiger partial charge in [0.1, 0.15) is 22.3 Å². The van der Waals surface area contributed by atoms with Crippen molar-refractivity contribution in [3.8, 4) is 0 Å². The van der Waals surface area contributed by atoms with Crippen molar-refractivity contribution in [1.82, 2.24) is 0 Å². The van der Waals surface area contributed by atoms with E-state index in [0.717, 1.165) is 45.4 Å². The van der Waals surface area contributed by atoms with Crippen molar-refractivity contribution in [1.29, 1.82) is 0 Å². The molecule has 0 radical (unpaired) electrons. The summed E-state index contributed by atoms with van der Waals surface area (Å²) in [6.07, 6.45) is 7.73. The van der Waals surface area contributed by atoms with Crippen LogP contribution in [0.25, 0.3) is 46.6 Å². The molecule has 194 valence electrons. The van der Waals surface area contributed by atoms with E-state index < -0.39 is 0 Å². The standard InChI is InChI=1S/C36H28O4/c1-2-6-14-30-22-26-34(38-30)18-11-12-20-36-28-24-32(40-36)16-8-4-3-7-15-31-23-27-35(39-31)19-10-9-17-33-25-21-29(37-33)13-5-1/h1-28H/q+2. The van der Waals surface area contributed by atoms with Gasteiger partial charge in [-0.1, -0.05) is 72.8 Å². The first-order chi connectivity index (χ1) is 19.8. The molecule has 0 saturated heterocycles. The van der Waals surface area contributed by atoms with E-state index in [2.05, 4.69) is 0 Å². The lowest BCUT2D eigenvalue weighted by atomic mass is 10.3. The minimum Gasteiger partial charge on any atom is -0.457 e. The van der Waals surface area contributed by atoms with Crippen LogP contribution in [0.4, 0.5) is 0 Å². The highest BCUT2D eigenvalue weighted by atomic mass is 16.3. The Morgan fingerprint density at radius 3 is 0.850 bits per heavy atom. The van der Waals surface area contributed by atoms with Crippen LogP contribution in [0, 0.1) is 0 Å². The van der Waals surface area contributed by atoms with Crippen molar-refractivity contribution in [3.63, 3.8) is 0 Å². The molecule has 4 nitrogen and oxygen atoms in total. The Morgan fingerprint density at radius 2 is 0.525 bits per heavy atom. The molecule has 5 rings (SSSR count). The zero-order valence-corrected chi connectivity index (χ0v) is 21.8. The molecule has 0 amide bonds. The summed E-state index contributed by atoms with van der Waals surface area (Å²) in [5, 5.41) is 0. The maximum absolute atomic E-state index is 5.81. The number of hydrogen-bond acceptors (Lipinski definition) is 2. The molecule has 4 heteroatoms. The highest BCUT2D eigenvalue weighted by molar-refractivity contribution is 5.68. The Labute approximate surface area is 232 Å². The molecule has 2 aliphatic rings. The van der Waals surface area contributed by atoms with Gasteiger partial charge in [0.15, 0.2) is 0 Å². The van der Waals surface area contributed by atoms with Gasteiger partial charge in [-0.15, -0.1) is 0 Å². The second-order valence-corrected chi connectivity index (χ2v) is 8.60. The minimum absolute atomic E-state index is 0.772. The average Bonchev–Trinajstić information content (AvgIpc) is 3.77. The van der Waals surface area contributed by atoms with Crippen molar-refractivity contribution in [2.75, 3.05) is 0 Å². The monoisotopic (exact) mass is 524 g/mol. The summed E-state index contributed by atoms with van der Waals surface area (Å²) in [4.78, 5) is 0. The molecule has 0 atom stereocenters. The van der Waals surface area contributed by atoms with Gasteiger partial charge >= 0.3 is 23.0 Å². The molecule has 0 unspecified atom stereocenters. The predicted molar refractivity (Wildman–Crippen MR) is 163 cm³/mol. The Hall–Kier alpha value is -5.48. The van der Waals surface area contributed by atoms with Crippen molar-refractivity contribution in [3.05, 3.63) is 169 Å². The molecule has 0 fully saturated rings. The van der Waals surface area contributed by atoms with Crippen LogP contribution in [0.5, 0.6) is 0 Å². The summed E-state index contributed by atoms with van der Waals surface area (Å²) in [6.45, 7) is 0. The van der Waals surface area contributed by atoms with Gasteiger partial charge in [0, 0.05) is 24.3 Å². The predicted octanol–water partition coefficient (Wildman–Crippen LogP) is 10.6. The normalized spacial score (nSPS) is 10.8. The fourth-order valence-electron chi connectivity index (χ4n) is 3.65. The van der Waals surface area contributed by atoms with Gasteiger partial charge in [-0.2, -0.15) is 0 Å². The Morgan fingerprint density at radius 1 is 0.275 bits per heavy atom. The third-order valence-corrected chi connectivity index (χ3v) is 5.56. The van der Waals surface area contributed by atoms with Gasteiger partial charge in [-0.3, -0.25) is 0 Å². The molecule has 5 heterocycles. The van der Waals surface area contributed by atoms with Crippen LogP contribution < -0.4 is 0 Å². The minimum atomic E-state index is 0.772. The number of hydrogen-bond donors (Lipinski definition) is 0. The van der Waals surface area contributed by atoms with Crippen LogP contribution in [-0.4, -0.2) is 0 Å². The van der Waals surface area contributed by atoms with Crippen LogP contribution in [0.2, 0.25) is 0 Å². The number of fused-ring (bicyclic) bond motifs is 8. The van der Waals surface area contributed by atoms with Gasteiger partial charge in [0.25, 0.3) is 0 Å². The number of rotatable bonds is 0. The summed E-state index contributed by atoms with van der Waals surface area (Å²) in [5.41, 5.74) is 3.10. The first-order valence-corrected chi connectivity index (χ1v) is 12.9. The highest BCUT2D eigenvalue weighted by Gasteiger charge is 2.10. The van der Waals surface area contributed by atoms with Crippen molar-refractivity contribution in [2.24, 2.45) is 0 Å². The van der Waals surface area contributed by atoms with Gasteiger partial charge in [0.2, 0.25) is 0 Å². The quantitative estimate of drug-likeness (QED) is 0.189. The molecule has 3 aromatic heterocycles. The van der Waals surface area contributed by atoms with Crippen LogP contribution in [0.15, 0.2) is 163 Å².